The van der Waals surface area contributed by atoms with Crippen molar-refractivity contribution in [3.05, 3.63) is 53.7 Å². The Morgan fingerprint density at radius 3 is 2.33 bits per heavy atom. The van der Waals surface area contributed by atoms with Gasteiger partial charge in [-0.05, 0) is 62.9 Å². The Bertz CT molecular complexity index is 1050. The third-order valence-corrected chi connectivity index (χ3v) is 8.44. The molecule has 160 valence electrons. The summed E-state index contributed by atoms with van der Waals surface area (Å²) < 4.78 is 64.3. The van der Waals surface area contributed by atoms with Crippen LogP contribution in [0.25, 0.3) is 0 Å². The summed E-state index contributed by atoms with van der Waals surface area (Å²) in [4.78, 5) is 5.98. The summed E-state index contributed by atoms with van der Waals surface area (Å²) in [6, 6.07) is 9.38. The summed E-state index contributed by atoms with van der Waals surface area (Å²) in [5.74, 6) is 0.498. The minimum atomic E-state index is -4.60. The molecule has 0 aliphatic carbocycles. The number of hydrogen-bond acceptors (Lipinski definition) is 5. The first-order valence-corrected chi connectivity index (χ1v) is 11.0. The van der Waals surface area contributed by atoms with Crippen LogP contribution in [0.2, 0.25) is 0 Å². The second-order valence-electron chi connectivity index (χ2n) is 7.91. The number of aromatic nitrogens is 1. The summed E-state index contributed by atoms with van der Waals surface area (Å²) >= 11 is 0. The highest BCUT2D eigenvalue weighted by Gasteiger charge is 2.44. The van der Waals surface area contributed by atoms with E-state index in [0.717, 1.165) is 12.1 Å². The Balaban J connectivity index is 1.78. The van der Waals surface area contributed by atoms with Gasteiger partial charge in [-0.2, -0.15) is 18.4 Å². The number of sulfone groups is 1. The van der Waals surface area contributed by atoms with Crippen molar-refractivity contribution in [3.8, 4) is 6.07 Å². The first kappa shape index (κ1) is 22.1. The third kappa shape index (κ3) is 4.15. The maximum atomic E-state index is 13.2. The molecule has 1 saturated heterocycles. The smallest absolute Gasteiger partial charge is 0.357 e. The number of nitriles is 1. The Hall–Kier alpha value is -2.60. The van der Waals surface area contributed by atoms with Gasteiger partial charge in [0.1, 0.15) is 11.9 Å². The maximum absolute atomic E-state index is 13.2. The molecule has 0 radical (unpaired) electrons. The minimum Gasteiger partial charge on any atom is -0.357 e. The van der Waals surface area contributed by atoms with Gasteiger partial charge < -0.3 is 4.90 Å². The molecule has 0 unspecified atom stereocenters. The van der Waals surface area contributed by atoms with E-state index in [9.17, 15) is 21.6 Å². The summed E-state index contributed by atoms with van der Waals surface area (Å²) in [5.41, 5.74) is -0.511. The van der Waals surface area contributed by atoms with Gasteiger partial charge in [0.15, 0.2) is 9.84 Å². The Labute approximate surface area is 174 Å². The van der Waals surface area contributed by atoms with Crippen LogP contribution in [0.4, 0.5) is 19.0 Å². The molecule has 5 nitrogen and oxygen atoms in total. The number of halogens is 3. The molecular weight excluding hydrogens is 415 g/mol. The van der Waals surface area contributed by atoms with Crippen LogP contribution in [-0.2, 0) is 16.0 Å². The van der Waals surface area contributed by atoms with Crippen molar-refractivity contribution in [1.82, 2.24) is 4.98 Å². The number of alkyl halides is 3. The molecule has 0 N–H and O–H groups in total. The monoisotopic (exact) mass is 437 g/mol. The number of pyridine rings is 1. The lowest BCUT2D eigenvalue weighted by Crippen LogP contribution is -2.46. The fraction of sp³-hybridized carbons (Fsp3) is 0.429. The van der Waals surface area contributed by atoms with Crippen LogP contribution < -0.4 is 4.90 Å². The van der Waals surface area contributed by atoms with Gasteiger partial charge in [0, 0.05) is 19.3 Å². The van der Waals surface area contributed by atoms with E-state index in [1.54, 1.807) is 26.0 Å². The molecule has 1 fully saturated rings. The zero-order chi connectivity index (χ0) is 22.2. The van der Waals surface area contributed by atoms with Gasteiger partial charge >= 0.3 is 6.18 Å². The van der Waals surface area contributed by atoms with E-state index < -0.39 is 26.3 Å². The number of nitrogens with zero attached hydrogens (tertiary/aromatic N) is 3. The Kier molecular flexibility index (Phi) is 5.83. The molecule has 30 heavy (non-hydrogen) atoms. The molecular formula is C21H22F3N3O2S. The molecule has 0 amide bonds. The molecule has 0 spiro atoms. The average molecular weight is 437 g/mol. The fourth-order valence-electron chi connectivity index (χ4n) is 3.81. The first-order valence-electron chi connectivity index (χ1n) is 9.50. The van der Waals surface area contributed by atoms with E-state index >= 15 is 0 Å². The summed E-state index contributed by atoms with van der Waals surface area (Å²) in [5, 5.41) is 8.87. The largest absolute Gasteiger partial charge is 0.416 e. The van der Waals surface area contributed by atoms with Crippen molar-refractivity contribution in [2.45, 2.75) is 42.5 Å². The number of anilines is 1. The van der Waals surface area contributed by atoms with Gasteiger partial charge in [0.2, 0.25) is 0 Å². The molecule has 2 heterocycles. The molecule has 0 bridgehead atoms. The SMILES string of the molecule is CC(C)(C1CCN(c2ccc(C#N)cn2)CC1)S(=O)(=O)c1cccc(C(F)(F)F)c1. The third-order valence-electron chi connectivity index (χ3n) is 5.84. The van der Waals surface area contributed by atoms with Gasteiger partial charge in [0.05, 0.1) is 20.8 Å². The lowest BCUT2D eigenvalue weighted by Gasteiger charge is -2.40. The Morgan fingerprint density at radius 2 is 1.80 bits per heavy atom. The second kappa shape index (κ2) is 7.91. The van der Waals surface area contributed by atoms with E-state index in [1.165, 1.54) is 12.3 Å². The Morgan fingerprint density at radius 1 is 1.13 bits per heavy atom. The molecule has 1 aromatic carbocycles. The van der Waals surface area contributed by atoms with Gasteiger partial charge in [-0.25, -0.2) is 13.4 Å². The highest BCUT2D eigenvalue weighted by Crippen LogP contribution is 2.40. The number of piperidine rings is 1. The molecule has 0 saturated carbocycles. The van der Waals surface area contributed by atoms with Crippen LogP contribution in [0, 0.1) is 17.2 Å². The van der Waals surface area contributed by atoms with Crippen LogP contribution in [0.1, 0.15) is 37.8 Å². The van der Waals surface area contributed by atoms with Crippen LogP contribution in [-0.4, -0.2) is 31.2 Å². The van der Waals surface area contributed by atoms with Crippen molar-refractivity contribution < 1.29 is 21.6 Å². The average Bonchev–Trinajstić information content (AvgIpc) is 2.73. The lowest BCUT2D eigenvalue weighted by molar-refractivity contribution is -0.137. The van der Waals surface area contributed by atoms with Crippen molar-refractivity contribution in [2.75, 3.05) is 18.0 Å². The summed E-state index contributed by atoms with van der Waals surface area (Å²) in [6.45, 7) is 4.32. The minimum absolute atomic E-state index is 0.216. The zero-order valence-corrected chi connectivity index (χ0v) is 17.5. The van der Waals surface area contributed by atoms with Crippen LogP contribution >= 0.6 is 0 Å². The molecule has 1 aliphatic rings. The van der Waals surface area contributed by atoms with Crippen LogP contribution in [0.15, 0.2) is 47.5 Å². The topological polar surface area (TPSA) is 74.1 Å². The van der Waals surface area contributed by atoms with Crippen molar-refractivity contribution in [2.24, 2.45) is 5.92 Å². The summed E-state index contributed by atoms with van der Waals surface area (Å²) in [7, 11) is -3.98. The van der Waals surface area contributed by atoms with Crippen molar-refractivity contribution >= 4 is 15.7 Å². The van der Waals surface area contributed by atoms with Gasteiger partial charge in [-0.3, -0.25) is 0 Å². The van der Waals surface area contributed by atoms with E-state index in [-0.39, 0.29) is 10.8 Å². The number of benzene rings is 1. The van der Waals surface area contributed by atoms with E-state index in [4.69, 9.17) is 5.26 Å². The van der Waals surface area contributed by atoms with Crippen molar-refractivity contribution in [3.63, 3.8) is 0 Å². The predicted molar refractivity (Wildman–Crippen MR) is 107 cm³/mol. The zero-order valence-electron chi connectivity index (χ0n) is 16.6. The lowest BCUT2D eigenvalue weighted by atomic mass is 9.86. The van der Waals surface area contributed by atoms with Gasteiger partial charge in [-0.1, -0.05) is 6.07 Å². The van der Waals surface area contributed by atoms with E-state index in [2.05, 4.69) is 4.98 Å². The molecule has 9 heteroatoms. The normalized spacial score (nSPS) is 16.3. The molecule has 3 rings (SSSR count). The number of rotatable bonds is 4. The molecule has 1 aromatic heterocycles. The highest BCUT2D eigenvalue weighted by atomic mass is 32.2. The van der Waals surface area contributed by atoms with Crippen LogP contribution in [0.5, 0.6) is 0 Å². The first-order chi connectivity index (χ1) is 14.0. The molecule has 0 atom stereocenters. The maximum Gasteiger partial charge on any atom is 0.416 e. The molecule has 2 aromatic rings. The molecule has 1 aliphatic heterocycles. The van der Waals surface area contributed by atoms with E-state index in [1.807, 2.05) is 11.0 Å². The van der Waals surface area contributed by atoms with Crippen LogP contribution in [0.3, 0.4) is 0 Å². The predicted octanol–water partition coefficient (Wildman–Crippen LogP) is 4.44. The van der Waals surface area contributed by atoms with Gasteiger partial charge in [-0.15, -0.1) is 0 Å². The second-order valence-corrected chi connectivity index (χ2v) is 10.4. The van der Waals surface area contributed by atoms with Gasteiger partial charge in [0.25, 0.3) is 0 Å². The number of hydrogen-bond donors (Lipinski definition) is 0. The van der Waals surface area contributed by atoms with Crippen molar-refractivity contribution in [1.29, 1.82) is 5.26 Å². The standard InChI is InChI=1S/C21H22F3N3O2S/c1-20(2,30(28,29)18-5-3-4-17(12-18)21(22,23)24)16-8-10-27(11-9-16)19-7-6-15(13-25)14-26-19/h3-7,12,14,16H,8-11H2,1-2H3. The summed E-state index contributed by atoms with van der Waals surface area (Å²) in [6.07, 6.45) is -1.99. The van der Waals surface area contributed by atoms with E-state index in [0.29, 0.717) is 43.4 Å². The quantitative estimate of drug-likeness (QED) is 0.707. The highest BCUT2D eigenvalue weighted by molar-refractivity contribution is 7.92. The fourth-order valence-corrected chi connectivity index (χ4v) is 5.63.